The molecule has 0 saturated carbocycles. The van der Waals surface area contributed by atoms with Gasteiger partial charge in [-0.1, -0.05) is 6.07 Å². The molecule has 0 aliphatic carbocycles. The number of imidazole rings is 1. The number of carbonyl (C=O) groups excluding carboxylic acids is 1. The molecule has 154 valence electrons. The van der Waals surface area contributed by atoms with E-state index < -0.39 is 5.97 Å². The van der Waals surface area contributed by atoms with Crippen LogP contribution in [0.25, 0.3) is 16.7 Å². The smallest absolute Gasteiger partial charge is 0.341 e. The van der Waals surface area contributed by atoms with Gasteiger partial charge in [0.25, 0.3) is 0 Å². The Morgan fingerprint density at radius 2 is 2.17 bits per heavy atom. The molecule has 4 rings (SSSR count). The van der Waals surface area contributed by atoms with Crippen LogP contribution in [0.15, 0.2) is 43.1 Å². The van der Waals surface area contributed by atoms with Crippen LogP contribution in [0.4, 0.5) is 10.1 Å². The third-order valence-corrected chi connectivity index (χ3v) is 4.79. The predicted octanol–water partition coefficient (Wildman–Crippen LogP) is 3.39. The molecular weight excluding hydrogens is 387 g/mol. The molecule has 0 aliphatic rings. The van der Waals surface area contributed by atoms with E-state index in [9.17, 15) is 9.18 Å². The molecule has 1 aromatic carbocycles. The summed E-state index contributed by atoms with van der Waals surface area (Å²) in [5.74, 6) is -0.838. The van der Waals surface area contributed by atoms with Crippen LogP contribution in [0.1, 0.15) is 28.5 Å². The molecule has 0 unspecified atom stereocenters. The fraction of sp³-hybridized carbons (Fsp3) is 0.238. The molecule has 0 atom stereocenters. The van der Waals surface area contributed by atoms with Gasteiger partial charge in [0.05, 0.1) is 35.4 Å². The van der Waals surface area contributed by atoms with Gasteiger partial charge in [0, 0.05) is 32.2 Å². The summed E-state index contributed by atoms with van der Waals surface area (Å²) >= 11 is 0. The molecule has 3 aromatic heterocycles. The van der Waals surface area contributed by atoms with Crippen LogP contribution >= 0.6 is 0 Å². The lowest BCUT2D eigenvalue weighted by atomic mass is 10.1. The Balaban J connectivity index is 1.68. The van der Waals surface area contributed by atoms with Crippen molar-refractivity contribution in [3.8, 4) is 5.69 Å². The van der Waals surface area contributed by atoms with Gasteiger partial charge >= 0.3 is 5.97 Å². The first-order valence-corrected chi connectivity index (χ1v) is 9.49. The third kappa shape index (κ3) is 3.49. The van der Waals surface area contributed by atoms with Crippen LogP contribution < -0.4 is 5.32 Å². The number of halogens is 1. The van der Waals surface area contributed by atoms with Gasteiger partial charge in [-0.15, -0.1) is 0 Å². The third-order valence-electron chi connectivity index (χ3n) is 4.79. The minimum atomic E-state index is -0.473. The molecular formula is C21H21FN6O2. The fourth-order valence-electron chi connectivity index (χ4n) is 3.42. The van der Waals surface area contributed by atoms with E-state index in [1.165, 1.54) is 12.3 Å². The van der Waals surface area contributed by atoms with E-state index in [1.807, 2.05) is 13.0 Å². The number of fused-ring (bicyclic) bond motifs is 1. The van der Waals surface area contributed by atoms with E-state index in [1.54, 1.807) is 48.0 Å². The zero-order valence-corrected chi connectivity index (χ0v) is 16.9. The van der Waals surface area contributed by atoms with Crippen LogP contribution in [-0.2, 0) is 18.3 Å². The maximum absolute atomic E-state index is 14.6. The normalized spacial score (nSPS) is 11.1. The Morgan fingerprint density at radius 1 is 1.33 bits per heavy atom. The average molecular weight is 408 g/mol. The van der Waals surface area contributed by atoms with E-state index in [0.29, 0.717) is 29.1 Å². The van der Waals surface area contributed by atoms with Crippen LogP contribution in [0.2, 0.25) is 0 Å². The van der Waals surface area contributed by atoms with E-state index in [4.69, 9.17) is 4.74 Å². The highest BCUT2D eigenvalue weighted by Crippen LogP contribution is 2.29. The highest BCUT2D eigenvalue weighted by Gasteiger charge is 2.20. The summed E-state index contributed by atoms with van der Waals surface area (Å²) in [5.41, 5.74) is 3.40. The lowest BCUT2D eigenvalue weighted by molar-refractivity contribution is 0.0527. The summed E-state index contributed by atoms with van der Waals surface area (Å²) in [4.78, 5) is 20.8. The predicted molar refractivity (Wildman–Crippen MR) is 110 cm³/mol. The van der Waals surface area contributed by atoms with Crippen molar-refractivity contribution < 1.29 is 13.9 Å². The maximum Gasteiger partial charge on any atom is 0.341 e. The Bertz CT molecular complexity index is 1220. The molecule has 30 heavy (non-hydrogen) atoms. The van der Waals surface area contributed by atoms with Crippen molar-refractivity contribution in [3.63, 3.8) is 0 Å². The largest absolute Gasteiger partial charge is 0.462 e. The minimum Gasteiger partial charge on any atom is -0.462 e. The summed E-state index contributed by atoms with van der Waals surface area (Å²) < 4.78 is 23.0. The maximum atomic E-state index is 14.6. The minimum absolute atomic E-state index is 0.253. The number of carbonyl (C=O) groups is 1. The summed E-state index contributed by atoms with van der Waals surface area (Å²) in [5, 5.41) is 8.40. The second kappa shape index (κ2) is 7.94. The lowest BCUT2D eigenvalue weighted by Gasteiger charge is -2.14. The number of pyridine rings is 1. The van der Waals surface area contributed by atoms with E-state index >= 15 is 0 Å². The van der Waals surface area contributed by atoms with Crippen LogP contribution in [0, 0.1) is 12.7 Å². The van der Waals surface area contributed by atoms with Gasteiger partial charge in [0.2, 0.25) is 0 Å². The highest BCUT2D eigenvalue weighted by molar-refractivity contribution is 6.05. The number of nitrogens with one attached hydrogen (secondary N) is 1. The molecule has 9 heteroatoms. The zero-order valence-electron chi connectivity index (χ0n) is 16.9. The number of nitrogens with zero attached hydrogens (tertiary/aromatic N) is 5. The number of benzene rings is 1. The SMILES string of the molecule is CCOC(=O)c1cnc2c(c(C)nn2C)c1NCc1ccc(-n2ccnc2)c(F)c1. The standard InChI is InChI=1S/C21H21FN6O2/c1-4-30-21(29)15-11-25-20-18(13(2)26-27(20)3)19(15)24-10-14-5-6-17(16(22)9-14)28-8-7-23-12-28/h5-9,11-12H,4,10H2,1-3H3,(H,24,25). The van der Waals surface area contributed by atoms with Crippen molar-refractivity contribution >= 4 is 22.7 Å². The number of aryl methyl sites for hydroxylation is 2. The van der Waals surface area contributed by atoms with Gasteiger partial charge in [-0.3, -0.25) is 4.68 Å². The van der Waals surface area contributed by atoms with E-state index in [-0.39, 0.29) is 12.4 Å². The number of anilines is 1. The number of hydrogen-bond donors (Lipinski definition) is 1. The first kappa shape index (κ1) is 19.6. The van der Waals surface area contributed by atoms with Gasteiger partial charge < -0.3 is 14.6 Å². The van der Waals surface area contributed by atoms with Crippen molar-refractivity contribution in [1.29, 1.82) is 0 Å². The summed E-state index contributed by atoms with van der Waals surface area (Å²) in [6, 6.07) is 4.97. The van der Waals surface area contributed by atoms with Gasteiger partial charge in [0.1, 0.15) is 11.4 Å². The summed E-state index contributed by atoms with van der Waals surface area (Å²) in [7, 11) is 1.79. The van der Waals surface area contributed by atoms with Crippen LogP contribution in [0.5, 0.6) is 0 Å². The number of esters is 1. The summed E-state index contributed by atoms with van der Waals surface area (Å²) in [6.45, 7) is 4.16. The number of ether oxygens (including phenoxy) is 1. The van der Waals surface area contributed by atoms with Crippen LogP contribution in [-0.4, -0.2) is 36.9 Å². The first-order chi connectivity index (χ1) is 14.5. The number of aromatic nitrogens is 5. The Hall–Kier alpha value is -3.75. The Morgan fingerprint density at radius 3 is 2.87 bits per heavy atom. The summed E-state index contributed by atoms with van der Waals surface area (Å²) in [6.07, 6.45) is 6.30. The molecule has 3 heterocycles. The molecule has 0 amide bonds. The monoisotopic (exact) mass is 408 g/mol. The second-order valence-electron chi connectivity index (χ2n) is 6.78. The zero-order chi connectivity index (χ0) is 21.3. The van der Waals surface area contributed by atoms with Crippen molar-refractivity contribution in [2.75, 3.05) is 11.9 Å². The van der Waals surface area contributed by atoms with Gasteiger partial charge in [-0.25, -0.2) is 19.2 Å². The molecule has 8 nitrogen and oxygen atoms in total. The number of hydrogen-bond acceptors (Lipinski definition) is 6. The molecule has 4 aromatic rings. The van der Waals surface area contributed by atoms with Gasteiger partial charge in [-0.05, 0) is 31.5 Å². The molecule has 0 aliphatic heterocycles. The van der Waals surface area contributed by atoms with Crippen molar-refractivity contribution in [2.45, 2.75) is 20.4 Å². The average Bonchev–Trinajstić information content (AvgIpc) is 3.35. The van der Waals surface area contributed by atoms with E-state index in [0.717, 1.165) is 16.6 Å². The van der Waals surface area contributed by atoms with Crippen molar-refractivity contribution in [1.82, 2.24) is 24.3 Å². The first-order valence-electron chi connectivity index (χ1n) is 9.49. The molecule has 0 spiro atoms. The Kier molecular flexibility index (Phi) is 5.18. The highest BCUT2D eigenvalue weighted by atomic mass is 19.1. The molecule has 0 fully saturated rings. The van der Waals surface area contributed by atoms with Gasteiger partial charge in [-0.2, -0.15) is 5.10 Å². The molecule has 0 radical (unpaired) electrons. The second-order valence-corrected chi connectivity index (χ2v) is 6.78. The van der Waals surface area contributed by atoms with Crippen molar-refractivity contribution in [3.05, 3.63) is 65.8 Å². The molecule has 0 bridgehead atoms. The van der Waals surface area contributed by atoms with E-state index in [2.05, 4.69) is 20.4 Å². The topological polar surface area (TPSA) is 86.9 Å². The molecule has 1 N–H and O–H groups in total. The Labute approximate surface area is 172 Å². The molecule has 0 saturated heterocycles. The van der Waals surface area contributed by atoms with Crippen LogP contribution in [0.3, 0.4) is 0 Å². The van der Waals surface area contributed by atoms with Gasteiger partial charge in [0.15, 0.2) is 5.65 Å². The number of rotatable bonds is 6. The van der Waals surface area contributed by atoms with Crippen molar-refractivity contribution in [2.24, 2.45) is 7.05 Å². The quantitative estimate of drug-likeness (QED) is 0.492. The lowest BCUT2D eigenvalue weighted by Crippen LogP contribution is -2.11. The fourth-order valence-corrected chi connectivity index (χ4v) is 3.42.